The quantitative estimate of drug-likeness (QED) is 0.845. The maximum absolute atomic E-state index is 13.2. The van der Waals surface area contributed by atoms with Gasteiger partial charge in [0.25, 0.3) is 0 Å². The highest BCUT2D eigenvalue weighted by Gasteiger charge is 2.35. The van der Waals surface area contributed by atoms with Gasteiger partial charge in [-0.15, -0.1) is 0 Å². The molecule has 0 amide bonds. The molecule has 0 spiro atoms. The van der Waals surface area contributed by atoms with Gasteiger partial charge >= 0.3 is 0 Å². The van der Waals surface area contributed by atoms with E-state index in [9.17, 15) is 4.39 Å². The first-order chi connectivity index (χ1) is 9.17. The Balaban J connectivity index is 1.72. The highest BCUT2D eigenvalue weighted by molar-refractivity contribution is 5.28. The summed E-state index contributed by atoms with van der Waals surface area (Å²) >= 11 is 0. The molecule has 2 aliphatic carbocycles. The van der Waals surface area contributed by atoms with Crippen molar-refractivity contribution in [1.82, 2.24) is 5.32 Å². The summed E-state index contributed by atoms with van der Waals surface area (Å²) in [6.07, 6.45) is 9.17. The molecule has 0 aliphatic heterocycles. The number of hydrogen-bond donors (Lipinski definition) is 1. The van der Waals surface area contributed by atoms with E-state index in [1.54, 1.807) is 12.1 Å². The van der Waals surface area contributed by atoms with Crippen molar-refractivity contribution in [2.45, 2.75) is 57.9 Å². The van der Waals surface area contributed by atoms with Crippen molar-refractivity contribution in [2.24, 2.45) is 5.41 Å². The second-order valence-corrected chi connectivity index (χ2v) is 6.61. The molecule has 2 fully saturated rings. The zero-order chi connectivity index (χ0) is 13.3. The molecule has 2 saturated carbocycles. The predicted octanol–water partition coefficient (Wildman–Crippen LogP) is 3.99. The number of halogens is 1. The van der Waals surface area contributed by atoms with Gasteiger partial charge in [-0.3, -0.25) is 0 Å². The van der Waals surface area contributed by atoms with Gasteiger partial charge in [0.2, 0.25) is 0 Å². The van der Waals surface area contributed by atoms with Crippen LogP contribution in [0.2, 0.25) is 0 Å². The molecule has 2 aliphatic rings. The molecular weight excluding hydrogens is 237 g/mol. The Hall–Kier alpha value is -0.890. The van der Waals surface area contributed by atoms with E-state index in [4.69, 9.17) is 0 Å². The SMILES string of the molecule is Cc1cc(F)ccc1CC1(CNC2CC2)CCCC1. The Morgan fingerprint density at radius 2 is 2.00 bits per heavy atom. The van der Waals surface area contributed by atoms with Crippen LogP contribution < -0.4 is 5.32 Å². The lowest BCUT2D eigenvalue weighted by Crippen LogP contribution is -2.35. The van der Waals surface area contributed by atoms with E-state index in [1.165, 1.54) is 44.1 Å². The molecule has 1 aromatic carbocycles. The molecule has 0 atom stereocenters. The lowest BCUT2D eigenvalue weighted by atomic mass is 9.79. The number of nitrogens with one attached hydrogen (secondary N) is 1. The van der Waals surface area contributed by atoms with Gasteiger partial charge in [0.1, 0.15) is 5.82 Å². The molecule has 2 heteroatoms. The van der Waals surface area contributed by atoms with Crippen LogP contribution in [0, 0.1) is 18.2 Å². The third-order valence-electron chi connectivity index (χ3n) is 4.88. The van der Waals surface area contributed by atoms with Gasteiger partial charge in [-0.05, 0) is 67.7 Å². The standard InChI is InChI=1S/C17H24FN/c1-13-10-15(18)5-4-14(13)11-17(8-2-3-9-17)12-19-16-6-7-16/h4-5,10,16,19H,2-3,6-9,11-12H2,1H3. The molecule has 3 rings (SSSR count). The first-order valence-electron chi connectivity index (χ1n) is 7.65. The third-order valence-corrected chi connectivity index (χ3v) is 4.88. The first kappa shape index (κ1) is 13.1. The molecule has 1 aromatic rings. The van der Waals surface area contributed by atoms with Crippen LogP contribution >= 0.6 is 0 Å². The molecule has 0 heterocycles. The number of hydrogen-bond acceptors (Lipinski definition) is 1. The van der Waals surface area contributed by atoms with Crippen LogP contribution in [0.15, 0.2) is 18.2 Å². The first-order valence-corrected chi connectivity index (χ1v) is 7.65. The van der Waals surface area contributed by atoms with Gasteiger partial charge in [0.15, 0.2) is 0 Å². The Morgan fingerprint density at radius 1 is 1.26 bits per heavy atom. The summed E-state index contributed by atoms with van der Waals surface area (Å²) in [4.78, 5) is 0. The summed E-state index contributed by atoms with van der Waals surface area (Å²) in [5.74, 6) is -0.113. The van der Waals surface area contributed by atoms with Crippen LogP contribution in [0.3, 0.4) is 0 Å². The molecule has 0 radical (unpaired) electrons. The van der Waals surface area contributed by atoms with E-state index in [0.29, 0.717) is 5.41 Å². The zero-order valence-electron chi connectivity index (χ0n) is 11.8. The highest BCUT2D eigenvalue weighted by Crippen LogP contribution is 2.41. The van der Waals surface area contributed by atoms with Gasteiger partial charge in [0.05, 0.1) is 0 Å². The fourth-order valence-corrected chi connectivity index (χ4v) is 3.45. The second kappa shape index (κ2) is 5.24. The van der Waals surface area contributed by atoms with Gasteiger partial charge in [-0.1, -0.05) is 18.9 Å². The summed E-state index contributed by atoms with van der Waals surface area (Å²) in [7, 11) is 0. The van der Waals surface area contributed by atoms with Crippen molar-refractivity contribution in [1.29, 1.82) is 0 Å². The number of rotatable bonds is 5. The Morgan fingerprint density at radius 3 is 2.63 bits per heavy atom. The lowest BCUT2D eigenvalue weighted by Gasteiger charge is -2.30. The van der Waals surface area contributed by atoms with Crippen molar-refractivity contribution in [3.8, 4) is 0 Å². The van der Waals surface area contributed by atoms with Crippen LogP contribution in [0.5, 0.6) is 0 Å². The topological polar surface area (TPSA) is 12.0 Å². The summed E-state index contributed by atoms with van der Waals surface area (Å²) < 4.78 is 13.2. The van der Waals surface area contributed by atoms with Crippen molar-refractivity contribution in [2.75, 3.05) is 6.54 Å². The minimum Gasteiger partial charge on any atom is -0.313 e. The lowest BCUT2D eigenvalue weighted by molar-refractivity contribution is 0.276. The largest absolute Gasteiger partial charge is 0.313 e. The van der Waals surface area contributed by atoms with E-state index in [2.05, 4.69) is 5.32 Å². The maximum atomic E-state index is 13.2. The minimum atomic E-state index is -0.113. The average molecular weight is 261 g/mol. The molecule has 0 unspecified atom stereocenters. The summed E-state index contributed by atoms with van der Waals surface area (Å²) in [5.41, 5.74) is 2.86. The van der Waals surface area contributed by atoms with Gasteiger partial charge in [-0.25, -0.2) is 4.39 Å². The summed E-state index contributed by atoms with van der Waals surface area (Å²) in [5, 5.41) is 3.72. The second-order valence-electron chi connectivity index (χ2n) is 6.61. The average Bonchev–Trinajstić information content (AvgIpc) is 3.11. The van der Waals surface area contributed by atoms with E-state index in [1.807, 2.05) is 13.0 Å². The molecule has 19 heavy (non-hydrogen) atoms. The fourth-order valence-electron chi connectivity index (χ4n) is 3.45. The maximum Gasteiger partial charge on any atom is 0.123 e. The van der Waals surface area contributed by atoms with Crippen LogP contribution in [-0.2, 0) is 6.42 Å². The smallest absolute Gasteiger partial charge is 0.123 e. The molecule has 0 bridgehead atoms. The number of benzene rings is 1. The number of aryl methyl sites for hydroxylation is 1. The third kappa shape index (κ3) is 3.17. The molecule has 0 saturated heterocycles. The van der Waals surface area contributed by atoms with Crippen molar-refractivity contribution in [3.05, 3.63) is 35.1 Å². The van der Waals surface area contributed by atoms with Crippen molar-refractivity contribution >= 4 is 0 Å². The van der Waals surface area contributed by atoms with E-state index in [0.717, 1.165) is 24.6 Å². The van der Waals surface area contributed by atoms with Gasteiger partial charge < -0.3 is 5.32 Å². The minimum absolute atomic E-state index is 0.113. The zero-order valence-corrected chi connectivity index (χ0v) is 11.8. The Labute approximate surface area is 115 Å². The van der Waals surface area contributed by atoms with E-state index in [-0.39, 0.29) is 5.82 Å². The van der Waals surface area contributed by atoms with E-state index >= 15 is 0 Å². The van der Waals surface area contributed by atoms with Crippen LogP contribution in [-0.4, -0.2) is 12.6 Å². The summed E-state index contributed by atoms with van der Waals surface area (Å²) in [6, 6.07) is 6.06. The fraction of sp³-hybridized carbons (Fsp3) is 0.647. The predicted molar refractivity (Wildman–Crippen MR) is 76.8 cm³/mol. The van der Waals surface area contributed by atoms with Crippen LogP contribution in [0.25, 0.3) is 0 Å². The van der Waals surface area contributed by atoms with Crippen molar-refractivity contribution in [3.63, 3.8) is 0 Å². The summed E-state index contributed by atoms with van der Waals surface area (Å²) in [6.45, 7) is 3.18. The van der Waals surface area contributed by atoms with Gasteiger partial charge in [-0.2, -0.15) is 0 Å². The molecule has 1 N–H and O–H groups in total. The molecule has 0 aromatic heterocycles. The normalized spacial score (nSPS) is 21.8. The van der Waals surface area contributed by atoms with Crippen LogP contribution in [0.4, 0.5) is 4.39 Å². The van der Waals surface area contributed by atoms with Crippen molar-refractivity contribution < 1.29 is 4.39 Å². The molecule has 1 nitrogen and oxygen atoms in total. The van der Waals surface area contributed by atoms with Gasteiger partial charge in [0, 0.05) is 12.6 Å². The van der Waals surface area contributed by atoms with E-state index < -0.39 is 0 Å². The monoisotopic (exact) mass is 261 g/mol. The van der Waals surface area contributed by atoms with Crippen LogP contribution in [0.1, 0.15) is 49.7 Å². The Kier molecular flexibility index (Phi) is 3.62. The molecule has 104 valence electrons. The Bertz CT molecular complexity index is 445. The molecular formula is C17H24FN. The highest BCUT2D eigenvalue weighted by atomic mass is 19.1.